The summed E-state index contributed by atoms with van der Waals surface area (Å²) in [6.45, 7) is 6.88. The Morgan fingerprint density at radius 2 is 1.83 bits per heavy atom. The minimum absolute atomic E-state index is 0.238. The van der Waals surface area contributed by atoms with Crippen molar-refractivity contribution in [3.63, 3.8) is 0 Å². The highest BCUT2D eigenvalue weighted by Crippen LogP contribution is 2.34. The molecule has 0 aliphatic carbocycles. The fraction of sp³-hybridized carbons (Fsp3) is 0.381. The number of carbonyl (C=O) groups excluding carboxylic acids is 3. The maximum atomic E-state index is 12.2. The van der Waals surface area contributed by atoms with E-state index in [0.29, 0.717) is 16.3 Å². The molecular formula is C21H25NO6S. The molecule has 2 rings (SSSR count). The van der Waals surface area contributed by atoms with E-state index in [1.54, 1.807) is 19.1 Å². The second-order valence-corrected chi connectivity index (χ2v) is 7.35. The first-order chi connectivity index (χ1) is 13.8. The molecule has 0 saturated carbocycles. The number of carbonyl (C=O) groups is 3. The van der Waals surface area contributed by atoms with Crippen LogP contribution in [0.4, 0.5) is 5.00 Å². The van der Waals surface area contributed by atoms with Crippen LogP contribution in [-0.4, -0.2) is 37.7 Å². The normalized spacial score (nSPS) is 10.3. The zero-order valence-electron chi connectivity index (χ0n) is 17.0. The molecule has 0 unspecified atom stereocenters. The number of amides is 1. The molecule has 7 nitrogen and oxygen atoms in total. The van der Waals surface area contributed by atoms with E-state index in [1.807, 2.05) is 32.9 Å². The number of benzene rings is 1. The van der Waals surface area contributed by atoms with Gasteiger partial charge in [-0.1, -0.05) is 19.1 Å². The number of hydrogen-bond donors (Lipinski definition) is 1. The van der Waals surface area contributed by atoms with Crippen LogP contribution in [0.5, 0.6) is 5.75 Å². The van der Waals surface area contributed by atoms with Crippen molar-refractivity contribution in [1.29, 1.82) is 0 Å². The summed E-state index contributed by atoms with van der Waals surface area (Å²) in [5.41, 5.74) is 2.14. The molecule has 1 N–H and O–H groups in total. The first kappa shape index (κ1) is 22.4. The van der Waals surface area contributed by atoms with Crippen LogP contribution in [0.3, 0.4) is 0 Å². The molecule has 0 bridgehead atoms. The lowest BCUT2D eigenvalue weighted by atomic mass is 10.1. The third kappa shape index (κ3) is 6.32. The number of hydrogen-bond acceptors (Lipinski definition) is 7. The molecule has 0 aliphatic rings. The van der Waals surface area contributed by atoms with E-state index < -0.39 is 24.5 Å². The second kappa shape index (κ2) is 10.6. The summed E-state index contributed by atoms with van der Waals surface area (Å²) < 4.78 is 15.4. The van der Waals surface area contributed by atoms with Gasteiger partial charge in [-0.15, -0.1) is 11.3 Å². The first-order valence-electron chi connectivity index (χ1n) is 9.30. The molecule has 1 heterocycles. The molecule has 156 valence electrons. The molecular weight excluding hydrogens is 394 g/mol. The van der Waals surface area contributed by atoms with Gasteiger partial charge in [-0.25, -0.2) is 9.59 Å². The molecule has 0 fully saturated rings. The Balaban J connectivity index is 1.91. The number of nitrogens with one attached hydrogen (secondary N) is 1. The Kier molecular flexibility index (Phi) is 8.21. The fourth-order valence-corrected chi connectivity index (χ4v) is 3.78. The van der Waals surface area contributed by atoms with Gasteiger partial charge in [-0.3, -0.25) is 4.79 Å². The largest absolute Gasteiger partial charge is 0.482 e. The smallest absolute Gasteiger partial charge is 0.344 e. The van der Waals surface area contributed by atoms with Crippen LogP contribution >= 0.6 is 11.3 Å². The molecule has 29 heavy (non-hydrogen) atoms. The molecule has 2 aromatic rings. The van der Waals surface area contributed by atoms with Gasteiger partial charge < -0.3 is 19.5 Å². The lowest BCUT2D eigenvalue weighted by Gasteiger charge is -2.09. The molecule has 0 spiro atoms. The molecule has 0 atom stereocenters. The van der Waals surface area contributed by atoms with Crippen molar-refractivity contribution in [2.24, 2.45) is 0 Å². The third-order valence-electron chi connectivity index (χ3n) is 4.01. The highest BCUT2D eigenvalue weighted by Gasteiger charge is 2.23. The molecule has 1 amide bonds. The van der Waals surface area contributed by atoms with Gasteiger partial charge in [0, 0.05) is 4.88 Å². The van der Waals surface area contributed by atoms with E-state index >= 15 is 0 Å². The standard InChI is InChI=1S/C21H25NO6S/c1-5-16-14(4)19(21(25)26-6-2)20(29-16)22-17(23)11-28-18(24)12-27-15-9-7-8-13(3)10-15/h7-10H,5-6,11-12H2,1-4H3,(H,22,23). The molecule has 0 aliphatic heterocycles. The Morgan fingerprint density at radius 1 is 1.07 bits per heavy atom. The van der Waals surface area contributed by atoms with E-state index in [-0.39, 0.29) is 13.2 Å². The van der Waals surface area contributed by atoms with Crippen LogP contribution in [-0.2, 0) is 25.5 Å². The highest BCUT2D eigenvalue weighted by molar-refractivity contribution is 7.17. The van der Waals surface area contributed by atoms with Gasteiger partial charge in [-0.05, 0) is 50.5 Å². The second-order valence-electron chi connectivity index (χ2n) is 6.24. The third-order valence-corrected chi connectivity index (χ3v) is 5.36. The summed E-state index contributed by atoms with van der Waals surface area (Å²) in [6, 6.07) is 7.25. The number of ether oxygens (including phenoxy) is 3. The number of anilines is 1. The Morgan fingerprint density at radius 3 is 2.48 bits per heavy atom. The lowest BCUT2D eigenvalue weighted by Crippen LogP contribution is -2.24. The van der Waals surface area contributed by atoms with Crippen LogP contribution in [0.2, 0.25) is 0 Å². The Bertz CT molecular complexity index is 889. The molecule has 1 aromatic carbocycles. The van der Waals surface area contributed by atoms with Gasteiger partial charge in [0.2, 0.25) is 0 Å². The lowest BCUT2D eigenvalue weighted by molar-refractivity contribution is -0.149. The van der Waals surface area contributed by atoms with Crippen molar-refractivity contribution >= 4 is 34.2 Å². The van der Waals surface area contributed by atoms with Crippen molar-refractivity contribution in [2.75, 3.05) is 25.1 Å². The van der Waals surface area contributed by atoms with Gasteiger partial charge in [0.25, 0.3) is 5.91 Å². The van der Waals surface area contributed by atoms with Crippen molar-refractivity contribution in [2.45, 2.75) is 34.1 Å². The van der Waals surface area contributed by atoms with Crippen molar-refractivity contribution in [3.8, 4) is 5.75 Å². The minimum atomic E-state index is -0.663. The summed E-state index contributed by atoms with van der Waals surface area (Å²) in [4.78, 5) is 37.2. The zero-order chi connectivity index (χ0) is 21.4. The Labute approximate surface area is 174 Å². The summed E-state index contributed by atoms with van der Waals surface area (Å²) in [7, 11) is 0. The topological polar surface area (TPSA) is 90.9 Å². The van der Waals surface area contributed by atoms with Crippen LogP contribution in [0.1, 0.15) is 40.2 Å². The van der Waals surface area contributed by atoms with E-state index in [9.17, 15) is 14.4 Å². The number of thiophene rings is 1. The monoisotopic (exact) mass is 419 g/mol. The van der Waals surface area contributed by atoms with Gasteiger partial charge >= 0.3 is 11.9 Å². The predicted octanol–water partition coefficient (Wildman–Crippen LogP) is 3.66. The van der Waals surface area contributed by atoms with Gasteiger partial charge in [0.1, 0.15) is 10.8 Å². The summed E-state index contributed by atoms with van der Waals surface area (Å²) in [5.74, 6) is -1.14. The van der Waals surface area contributed by atoms with Crippen LogP contribution < -0.4 is 10.1 Å². The summed E-state index contributed by atoms with van der Waals surface area (Å²) in [6.07, 6.45) is 0.726. The summed E-state index contributed by atoms with van der Waals surface area (Å²) >= 11 is 1.31. The van der Waals surface area contributed by atoms with E-state index in [1.165, 1.54) is 11.3 Å². The predicted molar refractivity (Wildman–Crippen MR) is 111 cm³/mol. The van der Waals surface area contributed by atoms with Crippen LogP contribution in [0.25, 0.3) is 0 Å². The molecule has 0 radical (unpaired) electrons. The number of rotatable bonds is 9. The van der Waals surface area contributed by atoms with E-state index in [4.69, 9.17) is 14.2 Å². The van der Waals surface area contributed by atoms with E-state index in [0.717, 1.165) is 22.4 Å². The first-order valence-corrected chi connectivity index (χ1v) is 10.1. The van der Waals surface area contributed by atoms with Gasteiger partial charge in [0.15, 0.2) is 13.2 Å². The van der Waals surface area contributed by atoms with E-state index in [2.05, 4.69) is 5.32 Å². The van der Waals surface area contributed by atoms with Crippen molar-refractivity contribution < 1.29 is 28.6 Å². The average molecular weight is 419 g/mol. The maximum absolute atomic E-state index is 12.2. The minimum Gasteiger partial charge on any atom is -0.482 e. The average Bonchev–Trinajstić information content (AvgIpc) is 3.00. The fourth-order valence-electron chi connectivity index (χ4n) is 2.63. The summed E-state index contributed by atoms with van der Waals surface area (Å²) in [5, 5.41) is 3.04. The molecule has 0 saturated heterocycles. The quantitative estimate of drug-likeness (QED) is 0.624. The number of esters is 2. The molecule has 1 aromatic heterocycles. The van der Waals surface area contributed by atoms with Crippen molar-refractivity contribution in [1.82, 2.24) is 0 Å². The maximum Gasteiger partial charge on any atom is 0.344 e. The molecule has 8 heteroatoms. The number of aryl methyl sites for hydroxylation is 2. The highest BCUT2D eigenvalue weighted by atomic mass is 32.1. The Hall–Kier alpha value is -2.87. The zero-order valence-corrected chi connectivity index (χ0v) is 17.8. The SMILES string of the molecule is CCOC(=O)c1c(NC(=O)COC(=O)COc2cccc(C)c2)sc(CC)c1C. The van der Waals surface area contributed by atoms with Crippen LogP contribution in [0.15, 0.2) is 24.3 Å². The van der Waals surface area contributed by atoms with Gasteiger partial charge in [-0.2, -0.15) is 0 Å². The van der Waals surface area contributed by atoms with Crippen molar-refractivity contribution in [3.05, 3.63) is 45.8 Å². The van der Waals surface area contributed by atoms with Gasteiger partial charge in [0.05, 0.1) is 12.2 Å². The van der Waals surface area contributed by atoms with Crippen LogP contribution in [0, 0.1) is 13.8 Å².